The van der Waals surface area contributed by atoms with E-state index in [1.807, 2.05) is 0 Å². The molecule has 0 aliphatic rings. The Bertz CT molecular complexity index is 772. The number of carbonyl (C=O) groups is 2. The third kappa shape index (κ3) is 5.47. The van der Waals surface area contributed by atoms with Crippen LogP contribution in [0.3, 0.4) is 0 Å². The third-order valence-electron chi connectivity index (χ3n) is 3.13. The van der Waals surface area contributed by atoms with Crippen LogP contribution in [0.1, 0.15) is 15.9 Å². The number of hydrogen-bond donors (Lipinski definition) is 4. The molecule has 2 aromatic rings. The molecule has 1 aromatic carbocycles. The van der Waals surface area contributed by atoms with E-state index in [0.717, 1.165) is 16.9 Å². The van der Waals surface area contributed by atoms with Crippen LogP contribution in [0.25, 0.3) is 10.4 Å². The summed E-state index contributed by atoms with van der Waals surface area (Å²) in [6, 6.07) is 7.45. The molecule has 0 aliphatic heterocycles. The molecule has 0 aliphatic carbocycles. The number of alkyl halides is 3. The van der Waals surface area contributed by atoms with Crippen LogP contribution in [0.2, 0.25) is 0 Å². The number of primary amides is 2. The van der Waals surface area contributed by atoms with Crippen LogP contribution in [-0.2, 0) is 6.54 Å². The second-order valence-corrected chi connectivity index (χ2v) is 6.17. The van der Waals surface area contributed by atoms with E-state index in [0.29, 0.717) is 10.4 Å². The fourth-order valence-electron chi connectivity index (χ4n) is 2.06. The molecule has 1 heterocycles. The molecule has 2 rings (SSSR count). The summed E-state index contributed by atoms with van der Waals surface area (Å²) in [6.45, 7) is -0.991. The Morgan fingerprint density at radius 3 is 2.28 bits per heavy atom. The van der Waals surface area contributed by atoms with E-state index in [9.17, 15) is 22.8 Å². The first-order valence-corrected chi connectivity index (χ1v) is 7.84. The van der Waals surface area contributed by atoms with Crippen LogP contribution < -0.4 is 22.1 Å². The van der Waals surface area contributed by atoms with Gasteiger partial charge < -0.3 is 16.8 Å². The highest BCUT2D eigenvalue weighted by molar-refractivity contribution is 7.20. The van der Waals surface area contributed by atoms with Crippen molar-refractivity contribution in [2.45, 2.75) is 12.7 Å². The average molecular weight is 372 g/mol. The molecular weight excluding hydrogens is 357 g/mol. The Kier molecular flexibility index (Phi) is 5.65. The van der Waals surface area contributed by atoms with Gasteiger partial charge in [-0.05, 0) is 17.2 Å². The van der Waals surface area contributed by atoms with Crippen molar-refractivity contribution in [3.05, 3.63) is 41.5 Å². The van der Waals surface area contributed by atoms with Gasteiger partial charge in [0, 0.05) is 11.4 Å². The first kappa shape index (κ1) is 18.7. The molecule has 0 bridgehead atoms. The highest BCUT2D eigenvalue weighted by Gasteiger charge is 2.26. The predicted molar refractivity (Wildman–Crippen MR) is 89.2 cm³/mol. The minimum atomic E-state index is -4.26. The molecule has 25 heavy (non-hydrogen) atoms. The molecule has 0 unspecified atom stereocenters. The largest absolute Gasteiger partial charge is 0.401 e. The number of nitrogens with one attached hydrogen (secondary N) is 2. The second-order valence-electron chi connectivity index (χ2n) is 5.12. The lowest BCUT2D eigenvalue weighted by Gasteiger charge is -2.08. The maximum Gasteiger partial charge on any atom is 0.401 e. The lowest BCUT2D eigenvalue weighted by atomic mass is 10.1. The lowest BCUT2D eigenvalue weighted by Crippen LogP contribution is -2.28. The summed E-state index contributed by atoms with van der Waals surface area (Å²) in [6.07, 6.45) is -4.26. The van der Waals surface area contributed by atoms with E-state index in [-0.39, 0.29) is 17.1 Å². The second kappa shape index (κ2) is 7.53. The van der Waals surface area contributed by atoms with Crippen molar-refractivity contribution in [3.8, 4) is 10.4 Å². The minimum absolute atomic E-state index is 0.0747. The number of amides is 3. The third-order valence-corrected chi connectivity index (χ3v) is 4.23. The average Bonchev–Trinajstić information content (AvgIpc) is 2.90. The van der Waals surface area contributed by atoms with Crippen LogP contribution in [0.5, 0.6) is 0 Å². The highest BCUT2D eigenvalue weighted by Crippen LogP contribution is 2.35. The van der Waals surface area contributed by atoms with E-state index >= 15 is 0 Å². The maximum absolute atomic E-state index is 12.1. The number of halogens is 3. The van der Waals surface area contributed by atoms with Crippen molar-refractivity contribution in [2.24, 2.45) is 11.5 Å². The number of rotatable bonds is 6. The summed E-state index contributed by atoms with van der Waals surface area (Å²) in [5, 5.41) is 4.89. The first-order chi connectivity index (χ1) is 11.7. The van der Waals surface area contributed by atoms with Gasteiger partial charge >= 0.3 is 12.2 Å². The Hall–Kier alpha value is -2.59. The molecule has 6 N–H and O–H groups in total. The van der Waals surface area contributed by atoms with Gasteiger partial charge in [0.05, 0.1) is 12.1 Å². The van der Waals surface area contributed by atoms with Crippen LogP contribution in [0.15, 0.2) is 30.3 Å². The molecule has 0 fully saturated rings. The zero-order valence-electron chi connectivity index (χ0n) is 12.8. The number of benzene rings is 1. The molecule has 6 nitrogen and oxygen atoms in total. The summed E-state index contributed by atoms with van der Waals surface area (Å²) in [4.78, 5) is 23.1. The van der Waals surface area contributed by atoms with Gasteiger partial charge in [-0.3, -0.25) is 10.1 Å². The Morgan fingerprint density at radius 2 is 1.76 bits per heavy atom. The van der Waals surface area contributed by atoms with Crippen molar-refractivity contribution in [2.75, 3.05) is 11.9 Å². The van der Waals surface area contributed by atoms with E-state index in [1.165, 1.54) is 6.07 Å². The summed E-state index contributed by atoms with van der Waals surface area (Å²) in [5.41, 5.74) is 11.9. The van der Waals surface area contributed by atoms with E-state index in [4.69, 9.17) is 11.5 Å². The Labute approximate surface area is 145 Å². The number of carbonyl (C=O) groups excluding carboxylic acids is 2. The molecule has 134 valence electrons. The zero-order chi connectivity index (χ0) is 18.6. The van der Waals surface area contributed by atoms with Crippen LogP contribution in [0, 0.1) is 0 Å². The monoisotopic (exact) mass is 372 g/mol. The first-order valence-electron chi connectivity index (χ1n) is 7.02. The van der Waals surface area contributed by atoms with Crippen molar-refractivity contribution >= 4 is 28.3 Å². The molecule has 0 atom stereocenters. The summed E-state index contributed by atoms with van der Waals surface area (Å²) >= 11 is 1.12. The minimum Gasteiger partial charge on any atom is -0.366 e. The van der Waals surface area contributed by atoms with Gasteiger partial charge in [0.15, 0.2) is 0 Å². The molecule has 0 radical (unpaired) electrons. The molecule has 10 heteroatoms. The maximum atomic E-state index is 12.1. The van der Waals surface area contributed by atoms with E-state index in [1.54, 1.807) is 24.3 Å². The molecule has 0 spiro atoms. The standard InChI is InChI=1S/C15H15F3N4O2S/c16-15(17,18)7-21-6-8-1-3-9(4-2-8)11-5-10(12(19)23)13(25-11)22-14(20)24/h1-5,21H,6-7H2,(H2,19,23)(H3,20,22,24). The number of hydrogen-bond acceptors (Lipinski definition) is 4. The Morgan fingerprint density at radius 1 is 1.12 bits per heavy atom. The van der Waals surface area contributed by atoms with Crippen molar-refractivity contribution in [1.29, 1.82) is 0 Å². The quantitative estimate of drug-likeness (QED) is 0.626. The van der Waals surface area contributed by atoms with Gasteiger partial charge in [-0.25, -0.2) is 4.79 Å². The van der Waals surface area contributed by atoms with Crippen molar-refractivity contribution in [3.63, 3.8) is 0 Å². The number of urea groups is 1. The number of nitrogens with two attached hydrogens (primary N) is 2. The van der Waals surface area contributed by atoms with Gasteiger partial charge in [0.2, 0.25) is 0 Å². The van der Waals surface area contributed by atoms with Gasteiger partial charge in [-0.2, -0.15) is 13.2 Å². The summed E-state index contributed by atoms with van der Waals surface area (Å²) < 4.78 is 36.3. The van der Waals surface area contributed by atoms with Crippen LogP contribution >= 0.6 is 11.3 Å². The molecule has 0 saturated heterocycles. The predicted octanol–water partition coefficient (Wildman–Crippen LogP) is 2.66. The van der Waals surface area contributed by atoms with Gasteiger partial charge in [-0.15, -0.1) is 11.3 Å². The fourth-order valence-corrected chi connectivity index (χ4v) is 3.13. The smallest absolute Gasteiger partial charge is 0.366 e. The van der Waals surface area contributed by atoms with Gasteiger partial charge in [-0.1, -0.05) is 24.3 Å². The Balaban J connectivity index is 2.14. The SMILES string of the molecule is NC(=O)Nc1sc(-c2ccc(CNCC(F)(F)F)cc2)cc1C(N)=O. The summed E-state index contributed by atoms with van der Waals surface area (Å²) in [5.74, 6) is -0.709. The van der Waals surface area contributed by atoms with Crippen molar-refractivity contribution in [1.82, 2.24) is 5.32 Å². The summed E-state index contributed by atoms with van der Waals surface area (Å²) in [7, 11) is 0. The van der Waals surface area contributed by atoms with Crippen molar-refractivity contribution < 1.29 is 22.8 Å². The normalized spacial score (nSPS) is 11.3. The number of thiophene rings is 1. The van der Waals surface area contributed by atoms with Crippen LogP contribution in [-0.4, -0.2) is 24.7 Å². The fraction of sp³-hybridized carbons (Fsp3) is 0.200. The zero-order valence-corrected chi connectivity index (χ0v) is 13.6. The number of anilines is 1. The lowest BCUT2D eigenvalue weighted by molar-refractivity contribution is -0.125. The van der Waals surface area contributed by atoms with E-state index < -0.39 is 24.7 Å². The highest BCUT2D eigenvalue weighted by atomic mass is 32.1. The topological polar surface area (TPSA) is 110 Å². The van der Waals surface area contributed by atoms with E-state index in [2.05, 4.69) is 10.6 Å². The van der Waals surface area contributed by atoms with Gasteiger partial charge in [0.1, 0.15) is 5.00 Å². The van der Waals surface area contributed by atoms with Gasteiger partial charge in [0.25, 0.3) is 5.91 Å². The molecule has 0 saturated carbocycles. The molecule has 3 amide bonds. The molecular formula is C15H15F3N4O2S. The molecule has 1 aromatic heterocycles. The van der Waals surface area contributed by atoms with Crippen LogP contribution in [0.4, 0.5) is 23.0 Å².